The zero-order valence-electron chi connectivity index (χ0n) is 19.6. The Bertz CT molecular complexity index is 865. The van der Waals surface area contributed by atoms with Crippen LogP contribution in [0, 0.1) is 5.82 Å². The second-order valence-corrected chi connectivity index (χ2v) is 10.6. The number of thioether (sulfide) groups is 1. The third-order valence-electron chi connectivity index (χ3n) is 5.77. The van der Waals surface area contributed by atoms with Gasteiger partial charge in [-0.15, -0.1) is 11.8 Å². The van der Waals surface area contributed by atoms with Crippen molar-refractivity contribution < 1.29 is 13.9 Å². The van der Waals surface area contributed by atoms with E-state index in [-0.39, 0.29) is 22.5 Å². The van der Waals surface area contributed by atoms with Crippen molar-refractivity contribution in [2.24, 2.45) is 0 Å². The van der Waals surface area contributed by atoms with E-state index in [4.69, 9.17) is 4.74 Å². The lowest BCUT2D eigenvalue weighted by Gasteiger charge is -2.28. The van der Waals surface area contributed by atoms with Gasteiger partial charge in [0.25, 0.3) is 0 Å². The van der Waals surface area contributed by atoms with E-state index in [0.717, 1.165) is 37.4 Å². The molecule has 1 heterocycles. The third-order valence-corrected chi connectivity index (χ3v) is 7.03. The van der Waals surface area contributed by atoms with Crippen LogP contribution in [0.1, 0.15) is 49.3 Å². The van der Waals surface area contributed by atoms with Gasteiger partial charge in [0.2, 0.25) is 5.91 Å². The molecule has 1 atom stereocenters. The van der Waals surface area contributed by atoms with E-state index in [9.17, 15) is 9.18 Å². The molecule has 0 aromatic heterocycles. The van der Waals surface area contributed by atoms with Crippen LogP contribution in [-0.4, -0.2) is 54.8 Å². The molecule has 0 spiro atoms. The number of methoxy groups -OCH3 is 1. The van der Waals surface area contributed by atoms with Crippen LogP contribution in [-0.2, 0) is 21.5 Å². The Kier molecular flexibility index (Phi) is 8.74. The normalized spacial score (nSPS) is 16.7. The highest BCUT2D eigenvalue weighted by Gasteiger charge is 2.31. The summed E-state index contributed by atoms with van der Waals surface area (Å²) in [5, 5.41) is -0.0463. The number of carbonyl (C=O) groups excluding carboxylic acids is 1. The molecule has 0 aliphatic carbocycles. The predicted octanol–water partition coefficient (Wildman–Crippen LogP) is 5.24. The number of ether oxygens (including phenoxy) is 1. The molecule has 1 fully saturated rings. The highest BCUT2D eigenvalue weighted by molar-refractivity contribution is 7.99. The van der Waals surface area contributed by atoms with Crippen molar-refractivity contribution in [3.8, 4) is 0 Å². The molecule has 0 radical (unpaired) electrons. The van der Waals surface area contributed by atoms with Gasteiger partial charge < -0.3 is 9.64 Å². The highest BCUT2D eigenvalue weighted by Crippen LogP contribution is 2.38. The first kappa shape index (κ1) is 24.7. The summed E-state index contributed by atoms with van der Waals surface area (Å²) in [5.41, 5.74) is 3.61. The zero-order valence-corrected chi connectivity index (χ0v) is 20.5. The summed E-state index contributed by atoms with van der Waals surface area (Å²) >= 11 is 1.74. The standard InChI is InChI=1S/C26H35FN2O2S/c1-26(2,3)22-10-6-20(7-11-22)18-28(14-5-16-31-4)19-24(30)29-15-17-32-25(29)21-8-12-23(27)13-9-21/h6-13,25H,5,14-19H2,1-4H3/t25-/m1/s1. The Morgan fingerprint density at radius 3 is 2.47 bits per heavy atom. The minimum absolute atomic E-state index is 0.0463. The van der Waals surface area contributed by atoms with Gasteiger partial charge in [0.15, 0.2) is 0 Å². The van der Waals surface area contributed by atoms with E-state index < -0.39 is 0 Å². The van der Waals surface area contributed by atoms with E-state index in [1.165, 1.54) is 23.3 Å². The van der Waals surface area contributed by atoms with Crippen molar-refractivity contribution in [1.29, 1.82) is 0 Å². The van der Waals surface area contributed by atoms with E-state index in [1.807, 2.05) is 4.90 Å². The van der Waals surface area contributed by atoms with Gasteiger partial charge in [-0.2, -0.15) is 0 Å². The van der Waals surface area contributed by atoms with Gasteiger partial charge in [0, 0.05) is 39.1 Å². The van der Waals surface area contributed by atoms with Gasteiger partial charge in [-0.1, -0.05) is 57.2 Å². The number of hydrogen-bond donors (Lipinski definition) is 0. The van der Waals surface area contributed by atoms with Crippen LogP contribution in [0.4, 0.5) is 4.39 Å². The van der Waals surface area contributed by atoms with Crippen LogP contribution in [0.15, 0.2) is 48.5 Å². The molecule has 0 unspecified atom stereocenters. The van der Waals surface area contributed by atoms with Crippen molar-refractivity contribution in [3.63, 3.8) is 0 Å². The third kappa shape index (κ3) is 6.80. The van der Waals surface area contributed by atoms with Crippen LogP contribution in [0.25, 0.3) is 0 Å². The zero-order chi connectivity index (χ0) is 23.1. The van der Waals surface area contributed by atoms with E-state index in [0.29, 0.717) is 13.2 Å². The summed E-state index contributed by atoms with van der Waals surface area (Å²) in [7, 11) is 1.70. The maximum atomic E-state index is 13.3. The smallest absolute Gasteiger partial charge is 0.237 e. The van der Waals surface area contributed by atoms with Crippen molar-refractivity contribution in [2.75, 3.05) is 39.1 Å². The average Bonchev–Trinajstić information content (AvgIpc) is 3.24. The topological polar surface area (TPSA) is 32.8 Å². The monoisotopic (exact) mass is 458 g/mol. The van der Waals surface area contributed by atoms with E-state index >= 15 is 0 Å². The SMILES string of the molecule is COCCCN(CC(=O)N1CCS[C@@H]1c1ccc(F)cc1)Cc1ccc(C(C)(C)C)cc1. The average molecular weight is 459 g/mol. The molecule has 1 saturated heterocycles. The maximum absolute atomic E-state index is 13.3. The number of halogens is 1. The summed E-state index contributed by atoms with van der Waals surface area (Å²) in [6, 6.07) is 15.2. The predicted molar refractivity (Wildman–Crippen MR) is 130 cm³/mol. The maximum Gasteiger partial charge on any atom is 0.237 e. The van der Waals surface area contributed by atoms with Crippen LogP contribution >= 0.6 is 11.8 Å². The van der Waals surface area contributed by atoms with Gasteiger partial charge in [0.1, 0.15) is 11.2 Å². The Labute approximate surface area is 196 Å². The quantitative estimate of drug-likeness (QED) is 0.482. The highest BCUT2D eigenvalue weighted by atomic mass is 32.2. The van der Waals surface area contributed by atoms with Gasteiger partial charge >= 0.3 is 0 Å². The first-order chi connectivity index (χ1) is 15.3. The molecule has 4 nitrogen and oxygen atoms in total. The molecular weight excluding hydrogens is 423 g/mol. The lowest BCUT2D eigenvalue weighted by molar-refractivity contribution is -0.132. The molecule has 1 aliphatic heterocycles. The minimum Gasteiger partial charge on any atom is -0.385 e. The van der Waals surface area contributed by atoms with Gasteiger partial charge in [-0.25, -0.2) is 4.39 Å². The molecule has 0 N–H and O–H groups in total. The number of nitrogens with zero attached hydrogens (tertiary/aromatic N) is 2. The fourth-order valence-corrected chi connectivity index (χ4v) is 5.20. The molecule has 2 aromatic rings. The largest absolute Gasteiger partial charge is 0.385 e. The molecule has 1 amide bonds. The number of benzene rings is 2. The molecule has 0 bridgehead atoms. The Morgan fingerprint density at radius 1 is 1.16 bits per heavy atom. The lowest BCUT2D eigenvalue weighted by Crippen LogP contribution is -2.40. The van der Waals surface area contributed by atoms with E-state index in [2.05, 4.69) is 49.9 Å². The second-order valence-electron chi connectivity index (χ2n) is 9.37. The Hall–Kier alpha value is -1.89. The fourth-order valence-electron chi connectivity index (χ4n) is 3.93. The van der Waals surface area contributed by atoms with Crippen molar-refractivity contribution >= 4 is 17.7 Å². The van der Waals surface area contributed by atoms with Crippen LogP contribution in [0.2, 0.25) is 0 Å². The van der Waals surface area contributed by atoms with Crippen molar-refractivity contribution in [2.45, 2.75) is 44.5 Å². The Balaban J connectivity index is 1.68. The number of rotatable bonds is 9. The Morgan fingerprint density at radius 2 is 1.84 bits per heavy atom. The molecule has 6 heteroatoms. The second kappa shape index (κ2) is 11.3. The molecule has 2 aromatic carbocycles. The fraction of sp³-hybridized carbons (Fsp3) is 0.500. The number of hydrogen-bond acceptors (Lipinski definition) is 4. The summed E-state index contributed by atoms with van der Waals surface area (Å²) in [6.07, 6.45) is 0.875. The minimum atomic E-state index is -0.253. The molecule has 1 aliphatic rings. The molecular formula is C26H35FN2O2S. The molecule has 32 heavy (non-hydrogen) atoms. The molecule has 3 rings (SSSR count). The number of amides is 1. The van der Waals surface area contributed by atoms with Crippen LogP contribution in [0.3, 0.4) is 0 Å². The summed E-state index contributed by atoms with van der Waals surface area (Å²) in [5.74, 6) is 0.760. The summed E-state index contributed by atoms with van der Waals surface area (Å²) < 4.78 is 18.6. The number of carbonyl (C=O) groups is 1. The molecule has 0 saturated carbocycles. The van der Waals surface area contributed by atoms with Crippen molar-refractivity contribution in [3.05, 3.63) is 71.0 Å². The summed E-state index contributed by atoms with van der Waals surface area (Å²) in [4.78, 5) is 17.4. The van der Waals surface area contributed by atoms with E-state index in [1.54, 1.807) is 31.0 Å². The van der Waals surface area contributed by atoms with Gasteiger partial charge in [-0.3, -0.25) is 9.69 Å². The lowest BCUT2D eigenvalue weighted by atomic mass is 9.87. The van der Waals surface area contributed by atoms with Gasteiger partial charge in [0.05, 0.1) is 6.54 Å². The van der Waals surface area contributed by atoms with Crippen LogP contribution < -0.4 is 0 Å². The van der Waals surface area contributed by atoms with Crippen LogP contribution in [0.5, 0.6) is 0 Å². The molecule has 174 valence electrons. The summed E-state index contributed by atoms with van der Waals surface area (Å²) in [6.45, 7) is 9.91. The first-order valence-corrected chi connectivity index (χ1v) is 12.3. The van der Waals surface area contributed by atoms with Crippen molar-refractivity contribution in [1.82, 2.24) is 9.80 Å². The van der Waals surface area contributed by atoms with Gasteiger partial charge in [-0.05, 0) is 40.7 Å². The first-order valence-electron chi connectivity index (χ1n) is 11.2.